The second kappa shape index (κ2) is 11.2. The van der Waals surface area contributed by atoms with Crippen molar-refractivity contribution in [3.63, 3.8) is 0 Å². The number of ether oxygens (including phenoxy) is 3. The maximum Gasteiger partial charge on any atom is 0.335 e. The second-order valence-corrected chi connectivity index (χ2v) is 12.5. The highest BCUT2D eigenvalue weighted by atomic mass is 32.2. The van der Waals surface area contributed by atoms with E-state index in [0.717, 1.165) is 11.3 Å². The third-order valence-electron chi connectivity index (χ3n) is 6.76. The van der Waals surface area contributed by atoms with E-state index in [1.54, 1.807) is 38.2 Å². The van der Waals surface area contributed by atoms with Gasteiger partial charge < -0.3 is 19.3 Å². The van der Waals surface area contributed by atoms with Crippen LogP contribution >= 0.6 is 11.9 Å². The molecule has 0 spiro atoms. The van der Waals surface area contributed by atoms with Gasteiger partial charge in [-0.3, -0.25) is 9.52 Å². The first-order valence-electron chi connectivity index (χ1n) is 13.4. The van der Waals surface area contributed by atoms with Crippen molar-refractivity contribution in [2.24, 2.45) is 0 Å². The van der Waals surface area contributed by atoms with Crippen LogP contribution in [0.1, 0.15) is 54.2 Å². The highest BCUT2D eigenvalue weighted by Gasteiger charge is 2.41. The van der Waals surface area contributed by atoms with E-state index < -0.39 is 17.1 Å². The van der Waals surface area contributed by atoms with Gasteiger partial charge in [-0.25, -0.2) is 4.79 Å². The topological polar surface area (TPSA) is 94.1 Å². The lowest BCUT2D eigenvalue weighted by atomic mass is 9.67. The number of carboxylic acids is 1. The molecule has 1 unspecified atom stereocenters. The Kier molecular flexibility index (Phi) is 8.31. The SMILES string of the molecule is BC1(B)Oc2ccc(C(B)(Oc3ccc(C(=O)O)cc3CCC)C(=O)NSc3ccc(C(B)(C)C)cc3)cc2O1. The summed E-state index contributed by atoms with van der Waals surface area (Å²) in [6.45, 7) is 6.31. The molecular weight excluding hydrogens is 522 g/mol. The summed E-state index contributed by atoms with van der Waals surface area (Å²) < 4.78 is 21.3. The molecule has 12 heteroatoms. The minimum absolute atomic E-state index is 0.0269. The molecule has 1 aliphatic rings. The summed E-state index contributed by atoms with van der Waals surface area (Å²) in [6, 6.07) is 18.1. The normalized spacial score (nSPS) is 15.2. The monoisotopic (exact) mass is 555 g/mol. The Morgan fingerprint density at radius 2 is 1.62 bits per heavy atom. The van der Waals surface area contributed by atoms with Crippen molar-refractivity contribution in [2.75, 3.05) is 0 Å². The highest BCUT2D eigenvalue weighted by molar-refractivity contribution is 7.98. The molecule has 0 saturated carbocycles. The Hall–Kier alpha value is -3.39. The fourth-order valence-corrected chi connectivity index (χ4v) is 5.16. The fourth-order valence-electron chi connectivity index (χ4n) is 4.48. The molecule has 0 radical (unpaired) electrons. The molecular formula is C28H33B4NO6S. The fraction of sp³-hybridized carbons (Fsp3) is 0.286. The van der Waals surface area contributed by atoms with Gasteiger partial charge in [-0.15, -0.1) is 0 Å². The van der Waals surface area contributed by atoms with E-state index in [1.807, 2.05) is 34.7 Å². The Bertz CT molecular complexity index is 1430. The highest BCUT2D eigenvalue weighted by Crippen LogP contribution is 2.41. The largest absolute Gasteiger partial charge is 0.482 e. The molecule has 0 aromatic heterocycles. The number of aryl methyl sites for hydroxylation is 1. The Morgan fingerprint density at radius 1 is 0.975 bits per heavy atom. The number of hydrogen-bond acceptors (Lipinski definition) is 6. The van der Waals surface area contributed by atoms with Crippen LogP contribution in [0.3, 0.4) is 0 Å². The number of rotatable bonds is 10. The average Bonchev–Trinajstić information content (AvgIpc) is 3.20. The van der Waals surface area contributed by atoms with Crippen LogP contribution in [0.15, 0.2) is 65.6 Å². The number of hydrogen-bond donors (Lipinski definition) is 2. The lowest BCUT2D eigenvalue weighted by Gasteiger charge is -2.31. The predicted molar refractivity (Wildman–Crippen MR) is 168 cm³/mol. The van der Waals surface area contributed by atoms with Crippen molar-refractivity contribution < 1.29 is 28.9 Å². The lowest BCUT2D eigenvalue weighted by Crippen LogP contribution is -2.47. The maximum absolute atomic E-state index is 13.9. The van der Waals surface area contributed by atoms with Crippen molar-refractivity contribution in [2.45, 2.75) is 54.9 Å². The lowest BCUT2D eigenvalue weighted by molar-refractivity contribution is -0.129. The van der Waals surface area contributed by atoms with E-state index in [-0.39, 0.29) is 16.8 Å². The quantitative estimate of drug-likeness (QED) is 0.290. The number of carbonyl (C=O) groups excluding carboxylic acids is 1. The minimum atomic E-state index is -1.48. The van der Waals surface area contributed by atoms with Gasteiger partial charge in [0.15, 0.2) is 46.1 Å². The van der Waals surface area contributed by atoms with E-state index in [0.29, 0.717) is 34.8 Å². The summed E-state index contributed by atoms with van der Waals surface area (Å²) in [5.41, 5.74) is 0.356. The van der Waals surface area contributed by atoms with Gasteiger partial charge in [-0.1, -0.05) is 51.0 Å². The van der Waals surface area contributed by atoms with E-state index >= 15 is 0 Å². The van der Waals surface area contributed by atoms with E-state index in [4.69, 9.17) is 14.2 Å². The number of fused-ring (bicyclic) bond motifs is 1. The van der Waals surface area contributed by atoms with Crippen molar-refractivity contribution in [3.05, 3.63) is 82.9 Å². The van der Waals surface area contributed by atoms with Gasteiger partial charge in [0, 0.05) is 4.90 Å². The molecule has 0 bridgehead atoms. The third-order valence-corrected chi connectivity index (χ3v) is 7.56. The molecule has 7 nitrogen and oxygen atoms in total. The van der Waals surface area contributed by atoms with Crippen LogP contribution in [-0.4, -0.2) is 54.0 Å². The van der Waals surface area contributed by atoms with E-state index in [9.17, 15) is 14.7 Å². The van der Waals surface area contributed by atoms with Gasteiger partial charge in [-0.2, -0.15) is 0 Å². The number of carboxylic acid groups (broad SMARTS) is 1. The molecule has 4 rings (SSSR count). The van der Waals surface area contributed by atoms with Gasteiger partial charge in [0.1, 0.15) is 13.6 Å². The zero-order valence-corrected chi connectivity index (χ0v) is 24.9. The maximum atomic E-state index is 13.9. The van der Waals surface area contributed by atoms with Crippen molar-refractivity contribution >= 4 is 55.2 Å². The van der Waals surface area contributed by atoms with Crippen molar-refractivity contribution in [1.82, 2.24) is 4.72 Å². The predicted octanol–water partition coefficient (Wildman–Crippen LogP) is 1.54. The minimum Gasteiger partial charge on any atom is -0.482 e. The number of carbonyl (C=O) groups is 2. The number of benzene rings is 3. The zero-order valence-electron chi connectivity index (χ0n) is 24.1. The Morgan fingerprint density at radius 3 is 2.25 bits per heavy atom. The molecule has 0 saturated heterocycles. The first-order chi connectivity index (χ1) is 18.7. The van der Waals surface area contributed by atoms with Gasteiger partial charge in [0.2, 0.25) is 0 Å². The van der Waals surface area contributed by atoms with E-state index in [1.165, 1.54) is 23.6 Å². The molecule has 2 N–H and O–H groups in total. The van der Waals surface area contributed by atoms with Crippen LogP contribution in [0.5, 0.6) is 17.2 Å². The smallest absolute Gasteiger partial charge is 0.335 e. The molecule has 3 aromatic carbocycles. The zero-order chi connectivity index (χ0) is 29.3. The van der Waals surface area contributed by atoms with Crippen LogP contribution in [0.4, 0.5) is 0 Å². The molecule has 1 aliphatic heterocycles. The van der Waals surface area contributed by atoms with Crippen LogP contribution in [0.25, 0.3) is 0 Å². The molecule has 204 valence electrons. The molecule has 1 atom stereocenters. The van der Waals surface area contributed by atoms with Crippen molar-refractivity contribution in [3.8, 4) is 17.2 Å². The van der Waals surface area contributed by atoms with Gasteiger partial charge >= 0.3 is 5.97 Å². The standard InChI is InChI=1S/C28H33B4NO6S/c1-4-5-16-14-17(24(34)35)6-12-21(16)37-27(30,19-9-13-22-23(15-19)39-28(31,32)38-22)25(36)33-40-20-10-7-18(8-11-20)26(2,3)29/h6-15H,4-5,29-32H2,1-3H3,(H,33,36)(H,34,35). The molecule has 1 heterocycles. The van der Waals surface area contributed by atoms with Gasteiger partial charge in [-0.05, 0) is 77.3 Å². The van der Waals surface area contributed by atoms with Crippen LogP contribution < -0.4 is 18.9 Å². The molecule has 40 heavy (non-hydrogen) atoms. The number of aromatic carboxylic acids is 1. The Balaban J connectivity index is 1.68. The Labute approximate surface area is 243 Å². The number of amides is 1. The molecule has 1 amide bonds. The third kappa shape index (κ3) is 6.49. The molecule has 3 aromatic rings. The average molecular weight is 555 g/mol. The summed E-state index contributed by atoms with van der Waals surface area (Å²) in [5.74, 6) is 0.159. The van der Waals surface area contributed by atoms with Crippen LogP contribution in [0.2, 0.25) is 0 Å². The summed E-state index contributed by atoms with van der Waals surface area (Å²) >= 11 is 1.21. The molecule has 0 aliphatic carbocycles. The van der Waals surface area contributed by atoms with Gasteiger partial charge in [0.05, 0.1) is 5.56 Å². The first kappa shape index (κ1) is 29.6. The summed E-state index contributed by atoms with van der Waals surface area (Å²) in [4.78, 5) is 26.4. The first-order valence-corrected chi connectivity index (χ1v) is 14.2. The van der Waals surface area contributed by atoms with Gasteiger partial charge in [0.25, 0.3) is 5.91 Å². The summed E-state index contributed by atoms with van der Waals surface area (Å²) in [6.07, 6.45) is 1.38. The van der Waals surface area contributed by atoms with E-state index in [2.05, 4.69) is 38.5 Å². The van der Waals surface area contributed by atoms with Crippen LogP contribution in [0, 0.1) is 0 Å². The second-order valence-electron chi connectivity index (χ2n) is 11.6. The van der Waals surface area contributed by atoms with Crippen LogP contribution in [-0.2, 0) is 22.0 Å². The summed E-state index contributed by atoms with van der Waals surface area (Å²) in [5, 5.41) is 9.53. The summed E-state index contributed by atoms with van der Waals surface area (Å²) in [7, 11) is 7.49. The molecule has 0 fully saturated rings. The van der Waals surface area contributed by atoms with Crippen molar-refractivity contribution in [1.29, 1.82) is 0 Å². The number of nitrogens with one attached hydrogen (secondary N) is 1.